The van der Waals surface area contributed by atoms with Crippen LogP contribution in [0.25, 0.3) is 0 Å². The van der Waals surface area contributed by atoms with E-state index in [1.165, 1.54) is 17.5 Å². The summed E-state index contributed by atoms with van der Waals surface area (Å²) >= 11 is 1.04. The van der Waals surface area contributed by atoms with Gasteiger partial charge in [0.25, 0.3) is 0 Å². The molecule has 26 heavy (non-hydrogen) atoms. The first-order chi connectivity index (χ1) is 12.3. The van der Waals surface area contributed by atoms with Crippen molar-refractivity contribution >= 4 is 33.2 Å². The summed E-state index contributed by atoms with van der Waals surface area (Å²) in [6.45, 7) is 4.60. The van der Waals surface area contributed by atoms with E-state index < -0.39 is 16.0 Å². The van der Waals surface area contributed by atoms with Crippen LogP contribution in [0.3, 0.4) is 0 Å². The van der Waals surface area contributed by atoms with Crippen molar-refractivity contribution < 1.29 is 22.7 Å². The predicted molar refractivity (Wildman–Crippen MR) is 99.7 cm³/mol. The van der Waals surface area contributed by atoms with Gasteiger partial charge in [-0.2, -0.15) is 4.31 Å². The Hall–Kier alpha value is -1.45. The van der Waals surface area contributed by atoms with Crippen LogP contribution in [-0.4, -0.2) is 50.8 Å². The van der Waals surface area contributed by atoms with Crippen LogP contribution in [0.5, 0.6) is 0 Å². The van der Waals surface area contributed by atoms with Crippen LogP contribution in [0.15, 0.2) is 16.3 Å². The molecule has 0 aliphatic carbocycles. The number of thiophene rings is 1. The molecular formula is C17H26N2O5S2. The third kappa shape index (κ3) is 4.44. The summed E-state index contributed by atoms with van der Waals surface area (Å²) < 4.78 is 32.3. The van der Waals surface area contributed by atoms with Gasteiger partial charge in [0.1, 0.15) is 9.77 Å². The van der Waals surface area contributed by atoms with Gasteiger partial charge in [-0.1, -0.05) is 13.3 Å². The highest BCUT2D eigenvalue weighted by atomic mass is 32.2. The van der Waals surface area contributed by atoms with Crippen LogP contribution in [0.4, 0.5) is 0 Å². The standard InChI is InChI=1S/C17H26N2O5S2/c1-4-5-9-18-16(20)13-7-6-12(2)19(11-13)26(22,23)14-8-10-25-15(14)17(21)24-3/h8,10,12-13H,4-7,9,11H2,1-3H3,(H,18,20)/t12-,13+/m1/s1. The number of nitrogens with one attached hydrogen (secondary N) is 1. The number of methoxy groups -OCH3 is 1. The molecule has 146 valence electrons. The first kappa shape index (κ1) is 20.9. The maximum Gasteiger partial charge on any atom is 0.349 e. The van der Waals surface area contributed by atoms with Crippen molar-refractivity contribution in [2.75, 3.05) is 20.2 Å². The third-order valence-electron chi connectivity index (χ3n) is 4.61. The molecule has 2 heterocycles. The number of ether oxygens (including phenoxy) is 1. The fraction of sp³-hybridized carbons (Fsp3) is 0.647. The van der Waals surface area contributed by atoms with Gasteiger partial charge in [0, 0.05) is 19.1 Å². The van der Waals surface area contributed by atoms with Crippen LogP contribution >= 0.6 is 11.3 Å². The number of hydrogen-bond acceptors (Lipinski definition) is 6. The Kier molecular flexibility index (Phi) is 7.19. The van der Waals surface area contributed by atoms with Gasteiger partial charge >= 0.3 is 5.97 Å². The average molecular weight is 403 g/mol. The minimum atomic E-state index is -3.88. The third-order valence-corrected chi connectivity index (χ3v) is 7.66. The normalized spacial score (nSPS) is 21.3. The van der Waals surface area contributed by atoms with E-state index in [0.29, 0.717) is 19.4 Å². The average Bonchev–Trinajstić information content (AvgIpc) is 3.12. The zero-order valence-corrected chi connectivity index (χ0v) is 17.0. The van der Waals surface area contributed by atoms with Gasteiger partial charge in [0.15, 0.2) is 0 Å². The van der Waals surface area contributed by atoms with E-state index in [4.69, 9.17) is 0 Å². The molecule has 0 radical (unpaired) electrons. The second-order valence-corrected chi connectivity index (χ2v) is 9.22. The van der Waals surface area contributed by atoms with Crippen molar-refractivity contribution in [2.45, 2.75) is 50.5 Å². The molecule has 1 N–H and O–H groups in total. The van der Waals surface area contributed by atoms with Crippen molar-refractivity contribution in [3.05, 3.63) is 16.3 Å². The number of piperidine rings is 1. The molecule has 2 atom stereocenters. The number of amides is 1. The Balaban J connectivity index is 2.21. The second kappa shape index (κ2) is 8.96. The summed E-state index contributed by atoms with van der Waals surface area (Å²) in [5.41, 5.74) is 0. The number of nitrogens with zero attached hydrogens (tertiary/aromatic N) is 1. The van der Waals surface area contributed by atoms with E-state index in [9.17, 15) is 18.0 Å². The highest BCUT2D eigenvalue weighted by Crippen LogP contribution is 2.32. The molecule has 0 unspecified atom stereocenters. The number of unbranched alkanes of at least 4 members (excludes halogenated alkanes) is 1. The van der Waals surface area contributed by atoms with E-state index in [1.807, 2.05) is 13.8 Å². The van der Waals surface area contributed by atoms with Crippen LogP contribution in [-0.2, 0) is 19.6 Å². The molecule has 1 aliphatic heterocycles. The first-order valence-electron chi connectivity index (χ1n) is 8.78. The Morgan fingerprint density at radius 2 is 2.12 bits per heavy atom. The van der Waals surface area contributed by atoms with Crippen molar-refractivity contribution in [2.24, 2.45) is 5.92 Å². The zero-order valence-electron chi connectivity index (χ0n) is 15.4. The van der Waals surface area contributed by atoms with Crippen molar-refractivity contribution in [3.8, 4) is 0 Å². The molecule has 1 aromatic rings. The number of esters is 1. The summed E-state index contributed by atoms with van der Waals surface area (Å²) in [6.07, 6.45) is 3.13. The van der Waals surface area contributed by atoms with E-state index in [0.717, 1.165) is 24.2 Å². The van der Waals surface area contributed by atoms with Gasteiger partial charge < -0.3 is 10.1 Å². The monoisotopic (exact) mass is 402 g/mol. The lowest BCUT2D eigenvalue weighted by atomic mass is 9.94. The maximum atomic E-state index is 13.1. The van der Waals surface area contributed by atoms with Crippen molar-refractivity contribution in [1.82, 2.24) is 9.62 Å². The highest BCUT2D eigenvalue weighted by molar-refractivity contribution is 7.89. The summed E-state index contributed by atoms with van der Waals surface area (Å²) in [5.74, 6) is -1.15. The van der Waals surface area contributed by atoms with Gasteiger partial charge in [-0.3, -0.25) is 4.79 Å². The van der Waals surface area contributed by atoms with Gasteiger partial charge in [-0.25, -0.2) is 13.2 Å². The Labute approximate surface area is 158 Å². The molecule has 0 aromatic carbocycles. The van der Waals surface area contributed by atoms with Crippen LogP contribution in [0.2, 0.25) is 0 Å². The molecule has 0 spiro atoms. The molecule has 2 rings (SSSR count). The van der Waals surface area contributed by atoms with Gasteiger partial charge in [0.2, 0.25) is 15.9 Å². The van der Waals surface area contributed by atoms with Gasteiger partial charge in [-0.05, 0) is 37.6 Å². The zero-order chi connectivity index (χ0) is 19.3. The predicted octanol–water partition coefficient (Wildman–Crippen LogP) is 2.24. The molecule has 7 nitrogen and oxygen atoms in total. The minimum Gasteiger partial charge on any atom is -0.465 e. The van der Waals surface area contributed by atoms with E-state index in [-0.39, 0.29) is 34.2 Å². The fourth-order valence-electron chi connectivity index (χ4n) is 3.03. The number of sulfonamides is 1. The molecule has 1 saturated heterocycles. The van der Waals surface area contributed by atoms with E-state index >= 15 is 0 Å². The van der Waals surface area contributed by atoms with Crippen LogP contribution in [0, 0.1) is 5.92 Å². The highest BCUT2D eigenvalue weighted by Gasteiger charge is 2.39. The summed E-state index contributed by atoms with van der Waals surface area (Å²) in [7, 11) is -2.66. The smallest absolute Gasteiger partial charge is 0.349 e. The molecule has 1 amide bonds. The number of rotatable bonds is 7. The van der Waals surface area contributed by atoms with E-state index in [2.05, 4.69) is 10.1 Å². The number of carbonyl (C=O) groups excluding carboxylic acids is 2. The quantitative estimate of drug-likeness (QED) is 0.558. The Morgan fingerprint density at radius 1 is 1.38 bits per heavy atom. The van der Waals surface area contributed by atoms with Gasteiger partial charge in [-0.15, -0.1) is 11.3 Å². The molecule has 0 saturated carbocycles. The van der Waals surface area contributed by atoms with Crippen LogP contribution < -0.4 is 5.32 Å². The molecule has 0 bridgehead atoms. The van der Waals surface area contributed by atoms with E-state index in [1.54, 1.807) is 5.38 Å². The Bertz CT molecular complexity index is 744. The van der Waals surface area contributed by atoms with Gasteiger partial charge in [0.05, 0.1) is 13.0 Å². The van der Waals surface area contributed by atoms with Crippen molar-refractivity contribution in [1.29, 1.82) is 0 Å². The first-order valence-corrected chi connectivity index (χ1v) is 11.1. The molecule has 9 heteroatoms. The summed E-state index contributed by atoms with van der Waals surface area (Å²) in [5, 5.41) is 4.44. The molecule has 1 aliphatic rings. The minimum absolute atomic E-state index is 0.0479. The topological polar surface area (TPSA) is 92.8 Å². The molecular weight excluding hydrogens is 376 g/mol. The fourth-order valence-corrected chi connectivity index (χ4v) is 6.04. The SMILES string of the molecule is CCCCNC(=O)[C@H]1CC[C@@H](C)N(S(=O)(=O)c2ccsc2C(=O)OC)C1. The summed E-state index contributed by atoms with van der Waals surface area (Å²) in [6, 6.07) is 1.19. The largest absolute Gasteiger partial charge is 0.465 e. The lowest BCUT2D eigenvalue weighted by Crippen LogP contribution is -2.49. The Morgan fingerprint density at radius 3 is 2.77 bits per heavy atom. The lowest BCUT2D eigenvalue weighted by molar-refractivity contribution is -0.126. The second-order valence-electron chi connectivity index (χ2n) is 6.45. The number of hydrogen-bond donors (Lipinski definition) is 1. The van der Waals surface area contributed by atoms with Crippen molar-refractivity contribution in [3.63, 3.8) is 0 Å². The van der Waals surface area contributed by atoms with Crippen LogP contribution in [0.1, 0.15) is 49.2 Å². The number of carbonyl (C=O) groups is 2. The summed E-state index contributed by atoms with van der Waals surface area (Å²) in [4.78, 5) is 24.2. The maximum absolute atomic E-state index is 13.1. The molecule has 1 aromatic heterocycles. The lowest BCUT2D eigenvalue weighted by Gasteiger charge is -2.36. The molecule has 1 fully saturated rings.